The normalized spacial score (nSPS) is 11.8. The van der Waals surface area contributed by atoms with Crippen molar-refractivity contribution in [1.82, 2.24) is 0 Å². The van der Waals surface area contributed by atoms with Gasteiger partial charge in [-0.05, 0) is 17.7 Å². The first kappa shape index (κ1) is 9.45. The molecule has 66 valence electrons. The molecular formula is C10H15FSi. The number of hydrogen-bond donors (Lipinski definition) is 0. The van der Waals surface area contributed by atoms with Gasteiger partial charge in [0.25, 0.3) is 0 Å². The third kappa shape index (κ3) is 1.75. The third-order valence-corrected chi connectivity index (χ3v) is 4.00. The maximum absolute atomic E-state index is 13.5. The third-order valence-electron chi connectivity index (χ3n) is 2.00. The van der Waals surface area contributed by atoms with Crippen molar-refractivity contribution in [2.45, 2.75) is 26.6 Å². The van der Waals surface area contributed by atoms with Crippen molar-refractivity contribution in [2.75, 3.05) is 0 Å². The topological polar surface area (TPSA) is 0 Å². The van der Waals surface area contributed by atoms with Gasteiger partial charge in [-0.3, -0.25) is 0 Å². The first-order valence-electron chi connectivity index (χ1n) is 4.18. The van der Waals surface area contributed by atoms with Crippen molar-refractivity contribution >= 4 is 13.3 Å². The predicted octanol–water partition coefficient (Wildman–Crippen LogP) is 2.68. The Kier molecular flexibility index (Phi) is 2.38. The summed E-state index contributed by atoms with van der Waals surface area (Å²) in [6, 6.07) is 5.67. The highest BCUT2D eigenvalue weighted by Gasteiger charge is 2.20. The molecule has 0 spiro atoms. The van der Waals surface area contributed by atoms with Crippen LogP contribution in [-0.2, 0) is 0 Å². The van der Waals surface area contributed by atoms with E-state index in [1.165, 1.54) is 0 Å². The molecule has 0 aromatic heterocycles. The molecule has 0 radical (unpaired) electrons. The van der Waals surface area contributed by atoms with Crippen LogP contribution in [0.25, 0.3) is 0 Å². The number of benzene rings is 1. The van der Waals surface area contributed by atoms with Crippen molar-refractivity contribution < 1.29 is 4.39 Å². The van der Waals surface area contributed by atoms with Gasteiger partial charge in [-0.1, -0.05) is 37.8 Å². The average Bonchev–Trinajstić information content (AvgIpc) is 1.92. The lowest BCUT2D eigenvalue weighted by Crippen LogP contribution is -2.40. The molecule has 0 saturated heterocycles. The minimum atomic E-state index is -1.48. The van der Waals surface area contributed by atoms with Gasteiger partial charge in [-0.25, -0.2) is 4.39 Å². The molecule has 0 nitrogen and oxygen atoms in total. The van der Waals surface area contributed by atoms with Crippen molar-refractivity contribution in [3.63, 3.8) is 0 Å². The van der Waals surface area contributed by atoms with Crippen molar-refractivity contribution in [3.05, 3.63) is 29.6 Å². The van der Waals surface area contributed by atoms with Gasteiger partial charge >= 0.3 is 0 Å². The molecule has 2 heteroatoms. The SMILES string of the molecule is Cc1cccc([Si](C)(C)C)c1F. The molecular weight excluding hydrogens is 167 g/mol. The first-order chi connectivity index (χ1) is 5.43. The number of aryl methyl sites for hydroxylation is 1. The quantitative estimate of drug-likeness (QED) is 0.586. The molecule has 0 bridgehead atoms. The fourth-order valence-corrected chi connectivity index (χ4v) is 2.68. The largest absolute Gasteiger partial charge is 0.207 e. The average molecular weight is 182 g/mol. The van der Waals surface area contributed by atoms with Gasteiger partial charge < -0.3 is 0 Å². The lowest BCUT2D eigenvalue weighted by atomic mass is 10.2. The molecule has 1 aromatic rings. The van der Waals surface area contributed by atoms with Crippen LogP contribution >= 0.6 is 0 Å². The van der Waals surface area contributed by atoms with Crippen LogP contribution in [0, 0.1) is 12.7 Å². The Balaban J connectivity index is 3.26. The number of halogens is 1. The molecule has 0 N–H and O–H groups in total. The molecule has 0 aliphatic carbocycles. The molecule has 0 fully saturated rings. The van der Waals surface area contributed by atoms with Gasteiger partial charge in [0, 0.05) is 0 Å². The summed E-state index contributed by atoms with van der Waals surface area (Å²) in [5.74, 6) is -0.00309. The van der Waals surface area contributed by atoms with E-state index in [1.807, 2.05) is 25.1 Å². The van der Waals surface area contributed by atoms with E-state index >= 15 is 0 Å². The van der Waals surface area contributed by atoms with Gasteiger partial charge in [0.15, 0.2) is 0 Å². The zero-order valence-corrected chi connectivity index (χ0v) is 9.11. The Morgan fingerprint density at radius 1 is 1.17 bits per heavy atom. The van der Waals surface area contributed by atoms with Crippen LogP contribution in [0.2, 0.25) is 19.6 Å². The van der Waals surface area contributed by atoms with Crippen LogP contribution in [0.3, 0.4) is 0 Å². The lowest BCUT2D eigenvalue weighted by Gasteiger charge is -2.18. The van der Waals surface area contributed by atoms with E-state index in [1.54, 1.807) is 0 Å². The number of rotatable bonds is 1. The second kappa shape index (κ2) is 3.02. The Bertz CT molecular complexity index is 286. The summed E-state index contributed by atoms with van der Waals surface area (Å²) in [4.78, 5) is 0. The molecule has 0 heterocycles. The van der Waals surface area contributed by atoms with E-state index < -0.39 is 8.07 Å². The highest BCUT2D eigenvalue weighted by Crippen LogP contribution is 2.09. The highest BCUT2D eigenvalue weighted by atomic mass is 28.3. The fourth-order valence-electron chi connectivity index (χ4n) is 1.23. The first-order valence-corrected chi connectivity index (χ1v) is 7.68. The van der Waals surface area contributed by atoms with Crippen LogP contribution in [0.15, 0.2) is 18.2 Å². The van der Waals surface area contributed by atoms with E-state index in [0.717, 1.165) is 10.8 Å². The van der Waals surface area contributed by atoms with E-state index in [2.05, 4.69) is 19.6 Å². The second-order valence-electron chi connectivity index (χ2n) is 4.19. The summed E-state index contributed by atoms with van der Waals surface area (Å²) in [5.41, 5.74) is 0.759. The summed E-state index contributed by atoms with van der Waals surface area (Å²) in [6.07, 6.45) is 0. The van der Waals surface area contributed by atoms with E-state index in [9.17, 15) is 4.39 Å². The van der Waals surface area contributed by atoms with Crippen LogP contribution < -0.4 is 5.19 Å². The Labute approximate surface area is 74.4 Å². The van der Waals surface area contributed by atoms with Crippen LogP contribution in [0.4, 0.5) is 4.39 Å². The number of hydrogen-bond acceptors (Lipinski definition) is 0. The molecule has 0 aliphatic heterocycles. The summed E-state index contributed by atoms with van der Waals surface area (Å²) in [7, 11) is -1.48. The highest BCUT2D eigenvalue weighted by molar-refractivity contribution is 6.88. The van der Waals surface area contributed by atoms with Gasteiger partial charge in [-0.15, -0.1) is 0 Å². The zero-order chi connectivity index (χ0) is 9.35. The minimum absolute atomic E-state index is 0.00309. The zero-order valence-electron chi connectivity index (χ0n) is 8.11. The Morgan fingerprint density at radius 2 is 1.75 bits per heavy atom. The predicted molar refractivity (Wildman–Crippen MR) is 54.1 cm³/mol. The molecule has 0 aliphatic rings. The van der Waals surface area contributed by atoms with Crippen LogP contribution in [0.1, 0.15) is 5.56 Å². The fraction of sp³-hybridized carbons (Fsp3) is 0.400. The van der Waals surface area contributed by atoms with E-state index in [-0.39, 0.29) is 5.82 Å². The summed E-state index contributed by atoms with van der Waals surface area (Å²) < 4.78 is 13.5. The minimum Gasteiger partial charge on any atom is -0.207 e. The molecule has 1 aromatic carbocycles. The van der Waals surface area contributed by atoms with Crippen LogP contribution in [-0.4, -0.2) is 8.07 Å². The monoisotopic (exact) mass is 182 g/mol. The van der Waals surface area contributed by atoms with Gasteiger partial charge in [0.1, 0.15) is 5.82 Å². The summed E-state index contributed by atoms with van der Waals surface area (Å²) in [5, 5.41) is 0.933. The van der Waals surface area contributed by atoms with E-state index in [0.29, 0.717) is 0 Å². The Morgan fingerprint density at radius 3 is 2.17 bits per heavy atom. The Hall–Kier alpha value is -0.633. The molecule has 0 unspecified atom stereocenters. The maximum Gasteiger partial charge on any atom is 0.125 e. The van der Waals surface area contributed by atoms with Gasteiger partial charge in [0.05, 0.1) is 8.07 Å². The van der Waals surface area contributed by atoms with Gasteiger partial charge in [-0.2, -0.15) is 0 Å². The van der Waals surface area contributed by atoms with Crippen molar-refractivity contribution in [2.24, 2.45) is 0 Å². The second-order valence-corrected chi connectivity index (χ2v) is 9.23. The molecule has 1 rings (SSSR count). The standard InChI is InChI=1S/C10H15FSi/c1-8-6-5-7-9(10(8)11)12(2,3)4/h5-7H,1-4H3. The van der Waals surface area contributed by atoms with Gasteiger partial charge in [0.2, 0.25) is 0 Å². The molecule has 0 amide bonds. The van der Waals surface area contributed by atoms with Crippen molar-refractivity contribution in [1.29, 1.82) is 0 Å². The smallest absolute Gasteiger partial charge is 0.125 e. The van der Waals surface area contributed by atoms with Crippen molar-refractivity contribution in [3.8, 4) is 0 Å². The molecule has 12 heavy (non-hydrogen) atoms. The lowest BCUT2D eigenvalue weighted by molar-refractivity contribution is 0.626. The maximum atomic E-state index is 13.5. The van der Waals surface area contributed by atoms with Crippen LogP contribution in [0.5, 0.6) is 0 Å². The summed E-state index contributed by atoms with van der Waals surface area (Å²) in [6.45, 7) is 8.29. The molecule has 0 atom stereocenters. The summed E-state index contributed by atoms with van der Waals surface area (Å²) >= 11 is 0. The molecule has 0 saturated carbocycles. The van der Waals surface area contributed by atoms with E-state index in [4.69, 9.17) is 0 Å².